The van der Waals surface area contributed by atoms with Crippen molar-refractivity contribution in [3.05, 3.63) is 35.5 Å². The maximum absolute atomic E-state index is 13.6. The first-order valence-electron chi connectivity index (χ1n) is 7.45. The predicted octanol–water partition coefficient (Wildman–Crippen LogP) is 1.06. The van der Waals surface area contributed by atoms with Crippen molar-refractivity contribution in [3.63, 3.8) is 0 Å². The number of rotatable bonds is 4. The second-order valence-corrected chi connectivity index (χ2v) is 5.23. The van der Waals surface area contributed by atoms with E-state index in [1.54, 1.807) is 17.4 Å². The third-order valence-corrected chi connectivity index (χ3v) is 3.73. The number of carbonyl (C=O) groups is 1. The Bertz CT molecular complexity index is 679. The highest BCUT2D eigenvalue weighted by molar-refractivity contribution is 5.89. The van der Waals surface area contributed by atoms with E-state index in [1.807, 2.05) is 0 Å². The summed E-state index contributed by atoms with van der Waals surface area (Å²) in [6.07, 6.45) is 1.36. The molecule has 0 spiro atoms. The first-order chi connectivity index (χ1) is 10.7. The molecule has 0 atom stereocenters. The van der Waals surface area contributed by atoms with E-state index in [1.165, 1.54) is 12.3 Å². The van der Waals surface area contributed by atoms with Crippen LogP contribution in [0.1, 0.15) is 23.1 Å². The van der Waals surface area contributed by atoms with Crippen LogP contribution in [-0.2, 0) is 11.3 Å². The first kappa shape index (κ1) is 14.9. The van der Waals surface area contributed by atoms with Gasteiger partial charge in [-0.3, -0.25) is 9.30 Å². The smallest absolute Gasteiger partial charge is 0.358 e. The molecule has 118 valence electrons. The van der Waals surface area contributed by atoms with Crippen molar-refractivity contribution in [2.24, 2.45) is 0 Å². The van der Waals surface area contributed by atoms with Gasteiger partial charge < -0.3 is 10.1 Å². The molecule has 0 amide bonds. The number of nitrogens with one attached hydrogen (secondary N) is 1. The molecule has 1 N–H and O–H groups in total. The molecule has 22 heavy (non-hydrogen) atoms. The fraction of sp³-hybridized carbons (Fsp3) is 0.467. The molecule has 6 nitrogen and oxygen atoms in total. The minimum atomic E-state index is -0.461. The molecule has 1 fully saturated rings. The standard InChI is InChI=1S/C15H19FN4O2/c1-2-22-15(21)14-12(10-19-7-5-17-6-8-19)20-9-11(16)3-4-13(20)18-14/h3-4,9,17H,2,5-8,10H2,1H3. The highest BCUT2D eigenvalue weighted by Crippen LogP contribution is 2.17. The molecule has 3 heterocycles. The summed E-state index contributed by atoms with van der Waals surface area (Å²) in [7, 11) is 0. The summed E-state index contributed by atoms with van der Waals surface area (Å²) in [6, 6.07) is 2.91. The van der Waals surface area contributed by atoms with Gasteiger partial charge in [0.25, 0.3) is 0 Å². The van der Waals surface area contributed by atoms with Gasteiger partial charge in [0.05, 0.1) is 12.3 Å². The third-order valence-electron chi connectivity index (χ3n) is 3.73. The fourth-order valence-electron chi connectivity index (χ4n) is 2.66. The van der Waals surface area contributed by atoms with Gasteiger partial charge in [0.15, 0.2) is 5.69 Å². The monoisotopic (exact) mass is 306 g/mol. The SMILES string of the molecule is CCOC(=O)c1nc2ccc(F)cn2c1CN1CCNCC1. The largest absolute Gasteiger partial charge is 0.461 e. The second-order valence-electron chi connectivity index (χ2n) is 5.23. The number of hydrogen-bond donors (Lipinski definition) is 1. The number of aromatic nitrogens is 2. The topological polar surface area (TPSA) is 58.9 Å². The van der Waals surface area contributed by atoms with Crippen LogP contribution in [0.5, 0.6) is 0 Å². The van der Waals surface area contributed by atoms with Crippen LogP contribution in [0.4, 0.5) is 4.39 Å². The van der Waals surface area contributed by atoms with E-state index >= 15 is 0 Å². The summed E-state index contributed by atoms with van der Waals surface area (Å²) in [5, 5.41) is 3.28. The van der Waals surface area contributed by atoms with E-state index < -0.39 is 5.97 Å². The molecule has 0 radical (unpaired) electrons. The van der Waals surface area contributed by atoms with Gasteiger partial charge in [-0.25, -0.2) is 14.2 Å². The summed E-state index contributed by atoms with van der Waals surface area (Å²) >= 11 is 0. The van der Waals surface area contributed by atoms with E-state index in [2.05, 4.69) is 15.2 Å². The third kappa shape index (κ3) is 2.95. The Morgan fingerprint density at radius 1 is 1.41 bits per heavy atom. The molecule has 3 rings (SSSR count). The van der Waals surface area contributed by atoms with Crippen LogP contribution in [0.25, 0.3) is 5.65 Å². The molecule has 0 bridgehead atoms. The molecule has 0 unspecified atom stereocenters. The van der Waals surface area contributed by atoms with Crippen LogP contribution >= 0.6 is 0 Å². The summed E-state index contributed by atoms with van der Waals surface area (Å²) in [4.78, 5) is 18.7. The summed E-state index contributed by atoms with van der Waals surface area (Å²) in [5.74, 6) is -0.821. The van der Waals surface area contributed by atoms with Crippen molar-refractivity contribution >= 4 is 11.6 Å². The highest BCUT2D eigenvalue weighted by Gasteiger charge is 2.22. The maximum atomic E-state index is 13.6. The number of ether oxygens (including phenoxy) is 1. The number of pyridine rings is 1. The van der Waals surface area contributed by atoms with Gasteiger partial charge in [-0.05, 0) is 19.1 Å². The van der Waals surface area contributed by atoms with Crippen molar-refractivity contribution in [2.75, 3.05) is 32.8 Å². The molecule has 0 aromatic carbocycles. The van der Waals surface area contributed by atoms with Gasteiger partial charge in [-0.15, -0.1) is 0 Å². The molecule has 0 aliphatic carbocycles. The van der Waals surface area contributed by atoms with E-state index in [4.69, 9.17) is 4.74 Å². The highest BCUT2D eigenvalue weighted by atomic mass is 19.1. The summed E-state index contributed by atoms with van der Waals surface area (Å²) in [5.41, 5.74) is 1.50. The normalized spacial score (nSPS) is 16.1. The number of halogens is 1. The molecule has 1 aliphatic rings. The van der Waals surface area contributed by atoms with Gasteiger partial charge in [0.2, 0.25) is 0 Å². The van der Waals surface area contributed by atoms with Gasteiger partial charge in [0.1, 0.15) is 11.5 Å². The van der Waals surface area contributed by atoms with Crippen molar-refractivity contribution in [1.29, 1.82) is 0 Å². The van der Waals surface area contributed by atoms with E-state index in [9.17, 15) is 9.18 Å². The fourth-order valence-corrected chi connectivity index (χ4v) is 2.66. The van der Waals surface area contributed by atoms with E-state index in [0.717, 1.165) is 26.2 Å². The van der Waals surface area contributed by atoms with Gasteiger partial charge in [0, 0.05) is 38.9 Å². The summed E-state index contributed by atoms with van der Waals surface area (Å²) in [6.45, 7) is 6.15. The Labute approximate surface area is 127 Å². The van der Waals surface area contributed by atoms with Crippen molar-refractivity contribution in [1.82, 2.24) is 19.6 Å². The molecule has 1 saturated heterocycles. The first-order valence-corrected chi connectivity index (χ1v) is 7.45. The van der Waals surface area contributed by atoms with E-state index in [0.29, 0.717) is 17.9 Å². The Morgan fingerprint density at radius 3 is 2.91 bits per heavy atom. The quantitative estimate of drug-likeness (QED) is 0.856. The number of piperazine rings is 1. The Hall–Kier alpha value is -1.99. The maximum Gasteiger partial charge on any atom is 0.358 e. The number of fused-ring (bicyclic) bond motifs is 1. The van der Waals surface area contributed by atoms with Crippen LogP contribution < -0.4 is 5.32 Å². The minimum Gasteiger partial charge on any atom is -0.461 e. The number of hydrogen-bond acceptors (Lipinski definition) is 5. The lowest BCUT2D eigenvalue weighted by Gasteiger charge is -2.27. The number of carbonyl (C=O) groups excluding carboxylic acids is 1. The van der Waals surface area contributed by atoms with Gasteiger partial charge in [-0.2, -0.15) is 0 Å². The zero-order valence-electron chi connectivity index (χ0n) is 12.5. The second kappa shape index (κ2) is 6.41. The molecule has 7 heteroatoms. The molecular weight excluding hydrogens is 287 g/mol. The lowest BCUT2D eigenvalue weighted by Crippen LogP contribution is -2.43. The Balaban J connectivity index is 2.00. The lowest BCUT2D eigenvalue weighted by molar-refractivity contribution is 0.0517. The Morgan fingerprint density at radius 2 is 2.18 bits per heavy atom. The lowest BCUT2D eigenvalue weighted by atomic mass is 10.2. The molecule has 1 aliphatic heterocycles. The van der Waals surface area contributed by atoms with Crippen molar-refractivity contribution in [2.45, 2.75) is 13.5 Å². The predicted molar refractivity (Wildman–Crippen MR) is 79.3 cm³/mol. The molecular formula is C15H19FN4O2. The number of imidazole rings is 1. The van der Waals surface area contributed by atoms with Crippen LogP contribution in [0.15, 0.2) is 18.3 Å². The average Bonchev–Trinajstić information content (AvgIpc) is 2.87. The van der Waals surface area contributed by atoms with Gasteiger partial charge in [-0.1, -0.05) is 0 Å². The Kier molecular flexibility index (Phi) is 4.35. The van der Waals surface area contributed by atoms with Crippen LogP contribution in [-0.4, -0.2) is 53.0 Å². The van der Waals surface area contributed by atoms with Gasteiger partial charge >= 0.3 is 5.97 Å². The minimum absolute atomic E-state index is 0.269. The number of esters is 1. The molecule has 0 saturated carbocycles. The molecule has 2 aromatic rings. The van der Waals surface area contributed by atoms with Crippen LogP contribution in [0.2, 0.25) is 0 Å². The zero-order valence-corrected chi connectivity index (χ0v) is 12.5. The van der Waals surface area contributed by atoms with Crippen LogP contribution in [0, 0.1) is 5.82 Å². The zero-order chi connectivity index (χ0) is 15.5. The van der Waals surface area contributed by atoms with Crippen molar-refractivity contribution < 1.29 is 13.9 Å². The number of nitrogens with zero attached hydrogens (tertiary/aromatic N) is 3. The van der Waals surface area contributed by atoms with Crippen molar-refractivity contribution in [3.8, 4) is 0 Å². The average molecular weight is 306 g/mol. The van der Waals surface area contributed by atoms with Crippen LogP contribution in [0.3, 0.4) is 0 Å². The van der Waals surface area contributed by atoms with E-state index in [-0.39, 0.29) is 18.1 Å². The molecule has 2 aromatic heterocycles. The summed E-state index contributed by atoms with van der Waals surface area (Å²) < 4.78 is 20.3.